The SMILES string of the molecule is COc1cc(OC)c2c(c1Cl)N=C1CCCCCN1C2. The molecule has 0 N–H and O–H groups in total. The molecular formula is C15H19ClN2O2. The number of ether oxygens (including phenoxy) is 2. The van der Waals surface area contributed by atoms with Crippen LogP contribution in [0.5, 0.6) is 11.5 Å². The fraction of sp³-hybridized carbons (Fsp3) is 0.533. The van der Waals surface area contributed by atoms with Gasteiger partial charge in [0.25, 0.3) is 0 Å². The van der Waals surface area contributed by atoms with Crippen molar-refractivity contribution in [3.63, 3.8) is 0 Å². The van der Waals surface area contributed by atoms with Crippen molar-refractivity contribution in [3.8, 4) is 11.5 Å². The van der Waals surface area contributed by atoms with Gasteiger partial charge < -0.3 is 14.4 Å². The highest BCUT2D eigenvalue weighted by Crippen LogP contribution is 2.45. The first-order valence-corrected chi connectivity index (χ1v) is 7.38. The molecule has 4 nitrogen and oxygen atoms in total. The summed E-state index contributed by atoms with van der Waals surface area (Å²) in [6, 6.07) is 1.85. The van der Waals surface area contributed by atoms with Gasteiger partial charge in [-0.15, -0.1) is 0 Å². The number of hydrogen-bond acceptors (Lipinski definition) is 4. The minimum Gasteiger partial charge on any atom is -0.496 e. The molecule has 1 aromatic carbocycles. The summed E-state index contributed by atoms with van der Waals surface area (Å²) in [5, 5.41) is 0.583. The maximum Gasteiger partial charge on any atom is 0.143 e. The summed E-state index contributed by atoms with van der Waals surface area (Å²) in [6.45, 7) is 1.88. The van der Waals surface area contributed by atoms with Crippen LogP contribution in [0.15, 0.2) is 11.1 Å². The highest BCUT2D eigenvalue weighted by Gasteiger charge is 2.27. The van der Waals surface area contributed by atoms with E-state index < -0.39 is 0 Å². The molecule has 0 amide bonds. The van der Waals surface area contributed by atoms with Crippen LogP contribution in [0.3, 0.4) is 0 Å². The summed E-state index contributed by atoms with van der Waals surface area (Å²) in [5.74, 6) is 2.56. The van der Waals surface area contributed by atoms with Gasteiger partial charge in [0.2, 0.25) is 0 Å². The number of rotatable bonds is 2. The standard InChI is InChI=1S/C15H19ClN2O2/c1-19-11-8-12(20-2)14(16)15-10(11)9-18-7-5-3-4-6-13(18)17-15/h8H,3-7,9H2,1-2H3. The van der Waals surface area contributed by atoms with Crippen LogP contribution in [-0.2, 0) is 6.54 Å². The topological polar surface area (TPSA) is 34.1 Å². The van der Waals surface area contributed by atoms with Crippen molar-refractivity contribution in [1.82, 2.24) is 4.90 Å². The van der Waals surface area contributed by atoms with Gasteiger partial charge in [-0.1, -0.05) is 18.0 Å². The molecule has 5 heteroatoms. The lowest BCUT2D eigenvalue weighted by molar-refractivity contribution is 0.366. The fourth-order valence-electron chi connectivity index (χ4n) is 2.90. The molecule has 2 aliphatic rings. The van der Waals surface area contributed by atoms with Crippen LogP contribution in [0.2, 0.25) is 5.02 Å². The Morgan fingerprint density at radius 2 is 1.95 bits per heavy atom. The van der Waals surface area contributed by atoms with Crippen molar-refractivity contribution in [2.24, 2.45) is 4.99 Å². The van der Waals surface area contributed by atoms with E-state index in [-0.39, 0.29) is 0 Å². The number of amidine groups is 1. The zero-order chi connectivity index (χ0) is 14.1. The number of halogens is 1. The van der Waals surface area contributed by atoms with E-state index in [1.807, 2.05) is 6.07 Å². The Kier molecular flexibility index (Phi) is 3.74. The number of methoxy groups -OCH3 is 2. The van der Waals surface area contributed by atoms with Crippen molar-refractivity contribution < 1.29 is 9.47 Å². The third-order valence-corrected chi connectivity index (χ3v) is 4.36. The Morgan fingerprint density at radius 3 is 2.70 bits per heavy atom. The van der Waals surface area contributed by atoms with E-state index >= 15 is 0 Å². The average molecular weight is 295 g/mol. The molecule has 3 rings (SSSR count). The molecule has 0 atom stereocenters. The average Bonchev–Trinajstić information content (AvgIpc) is 2.71. The van der Waals surface area contributed by atoms with Crippen LogP contribution in [0, 0.1) is 0 Å². The normalized spacial score (nSPS) is 17.8. The first-order chi connectivity index (χ1) is 9.74. The van der Waals surface area contributed by atoms with Gasteiger partial charge in [-0.25, -0.2) is 4.99 Å². The van der Waals surface area contributed by atoms with Crippen molar-refractivity contribution in [3.05, 3.63) is 16.7 Å². The van der Waals surface area contributed by atoms with Crippen LogP contribution in [0.4, 0.5) is 5.69 Å². The van der Waals surface area contributed by atoms with Gasteiger partial charge in [0.15, 0.2) is 0 Å². The van der Waals surface area contributed by atoms with Crippen molar-refractivity contribution in [1.29, 1.82) is 0 Å². The summed E-state index contributed by atoms with van der Waals surface area (Å²) in [5.41, 5.74) is 1.87. The molecule has 0 radical (unpaired) electrons. The van der Waals surface area contributed by atoms with Gasteiger partial charge >= 0.3 is 0 Å². The lowest BCUT2D eigenvalue weighted by Gasteiger charge is -2.30. The lowest BCUT2D eigenvalue weighted by Crippen LogP contribution is -2.32. The Labute approximate surface area is 124 Å². The van der Waals surface area contributed by atoms with E-state index in [0.29, 0.717) is 10.8 Å². The molecule has 2 heterocycles. The van der Waals surface area contributed by atoms with Gasteiger partial charge in [-0.3, -0.25) is 0 Å². The molecule has 0 saturated carbocycles. The molecule has 20 heavy (non-hydrogen) atoms. The number of fused-ring (bicyclic) bond motifs is 2. The number of nitrogens with zero attached hydrogens (tertiary/aromatic N) is 2. The maximum absolute atomic E-state index is 6.42. The smallest absolute Gasteiger partial charge is 0.143 e. The van der Waals surface area contributed by atoms with Crippen LogP contribution < -0.4 is 9.47 Å². The summed E-state index contributed by atoms with van der Waals surface area (Å²) < 4.78 is 10.8. The molecular weight excluding hydrogens is 276 g/mol. The van der Waals surface area contributed by atoms with Gasteiger partial charge in [-0.2, -0.15) is 0 Å². The van der Waals surface area contributed by atoms with Crippen molar-refractivity contribution >= 4 is 23.1 Å². The Bertz CT molecular complexity index is 557. The largest absolute Gasteiger partial charge is 0.496 e. The van der Waals surface area contributed by atoms with Gasteiger partial charge in [0.1, 0.15) is 22.4 Å². The van der Waals surface area contributed by atoms with Crippen LogP contribution in [0.1, 0.15) is 31.2 Å². The van der Waals surface area contributed by atoms with Crippen LogP contribution in [0.25, 0.3) is 0 Å². The number of benzene rings is 1. The Balaban J connectivity index is 2.12. The number of hydrogen-bond donors (Lipinski definition) is 0. The van der Waals surface area contributed by atoms with E-state index in [0.717, 1.165) is 42.3 Å². The zero-order valence-corrected chi connectivity index (χ0v) is 12.7. The highest BCUT2D eigenvalue weighted by atomic mass is 35.5. The van der Waals surface area contributed by atoms with Crippen LogP contribution >= 0.6 is 11.6 Å². The summed E-state index contributed by atoms with van der Waals surface area (Å²) in [4.78, 5) is 7.14. The zero-order valence-electron chi connectivity index (χ0n) is 11.9. The molecule has 1 fully saturated rings. The predicted molar refractivity (Wildman–Crippen MR) is 80.5 cm³/mol. The molecule has 0 unspecified atom stereocenters. The minimum atomic E-state index is 0.583. The van der Waals surface area contributed by atoms with Gasteiger partial charge in [0.05, 0.1) is 19.9 Å². The van der Waals surface area contributed by atoms with Gasteiger partial charge in [-0.05, 0) is 12.8 Å². The molecule has 1 aromatic rings. The quantitative estimate of drug-likeness (QED) is 0.832. The molecule has 0 aromatic heterocycles. The molecule has 0 aliphatic carbocycles. The van der Waals surface area contributed by atoms with E-state index in [4.69, 9.17) is 26.1 Å². The predicted octanol–water partition coefficient (Wildman–Crippen LogP) is 3.78. The molecule has 1 saturated heterocycles. The summed E-state index contributed by atoms with van der Waals surface area (Å²) in [7, 11) is 3.28. The third kappa shape index (κ3) is 2.22. The Hall–Kier alpha value is -1.42. The maximum atomic E-state index is 6.42. The van der Waals surface area contributed by atoms with E-state index in [1.165, 1.54) is 19.3 Å². The van der Waals surface area contributed by atoms with E-state index in [1.54, 1.807) is 14.2 Å². The monoisotopic (exact) mass is 294 g/mol. The molecule has 0 spiro atoms. The molecule has 2 aliphatic heterocycles. The highest BCUT2D eigenvalue weighted by molar-refractivity contribution is 6.35. The second kappa shape index (κ2) is 5.52. The summed E-state index contributed by atoms with van der Waals surface area (Å²) in [6.07, 6.45) is 4.71. The van der Waals surface area contributed by atoms with Crippen molar-refractivity contribution in [2.75, 3.05) is 20.8 Å². The van der Waals surface area contributed by atoms with Crippen LogP contribution in [-0.4, -0.2) is 31.5 Å². The molecule has 0 bridgehead atoms. The Morgan fingerprint density at radius 1 is 1.15 bits per heavy atom. The lowest BCUT2D eigenvalue weighted by atomic mass is 10.1. The van der Waals surface area contributed by atoms with E-state index in [9.17, 15) is 0 Å². The number of aliphatic imine (C=N–C) groups is 1. The third-order valence-electron chi connectivity index (χ3n) is 3.99. The molecule has 108 valence electrons. The van der Waals surface area contributed by atoms with Crippen molar-refractivity contribution in [2.45, 2.75) is 32.2 Å². The minimum absolute atomic E-state index is 0.583. The second-order valence-electron chi connectivity index (χ2n) is 5.18. The summed E-state index contributed by atoms with van der Waals surface area (Å²) >= 11 is 6.42. The first-order valence-electron chi connectivity index (χ1n) is 7.00. The van der Waals surface area contributed by atoms with E-state index in [2.05, 4.69) is 4.90 Å². The second-order valence-corrected chi connectivity index (χ2v) is 5.56. The fourth-order valence-corrected chi connectivity index (χ4v) is 3.19. The first kappa shape index (κ1) is 13.6. The van der Waals surface area contributed by atoms with Gasteiger partial charge in [0, 0.05) is 31.1 Å².